The van der Waals surface area contributed by atoms with Crippen LogP contribution in [-0.2, 0) is 10.0 Å². The zero-order chi connectivity index (χ0) is 21.3. The van der Waals surface area contributed by atoms with E-state index in [-0.39, 0.29) is 26.6 Å². The molecule has 4 aromatic rings. The first-order chi connectivity index (χ1) is 14.3. The molecule has 4 rings (SSSR count). The minimum absolute atomic E-state index is 0.0466. The molecule has 0 radical (unpaired) electrons. The number of fused-ring (bicyclic) bond motifs is 1. The average molecular weight is 459 g/mol. The number of halogens is 2. The zero-order valence-electron chi connectivity index (χ0n) is 15.7. The Hall–Kier alpha value is -2.87. The van der Waals surface area contributed by atoms with Gasteiger partial charge in [-0.05, 0) is 49.4 Å². The van der Waals surface area contributed by atoms with E-state index < -0.39 is 10.0 Å². The van der Waals surface area contributed by atoms with Crippen molar-refractivity contribution in [1.82, 2.24) is 9.97 Å². The monoisotopic (exact) mass is 458 g/mol. The standard InChI is InChI=1S/C21H16Cl2N4O2S/c1-13-6-9-15(10-7-13)24-20-21(26-18-5-3-2-4-17(18)25-20)27-30(28,29)19-12-14(22)8-11-16(19)23/h2-12H,1H3,(H,24,25)(H,26,27). The zero-order valence-corrected chi connectivity index (χ0v) is 18.1. The van der Waals surface area contributed by atoms with Crippen molar-refractivity contribution in [1.29, 1.82) is 0 Å². The summed E-state index contributed by atoms with van der Waals surface area (Å²) in [6.45, 7) is 1.98. The lowest BCUT2D eigenvalue weighted by Gasteiger charge is -2.14. The first-order valence-corrected chi connectivity index (χ1v) is 11.1. The molecular weight excluding hydrogens is 443 g/mol. The van der Waals surface area contributed by atoms with Crippen LogP contribution in [0.5, 0.6) is 0 Å². The summed E-state index contributed by atoms with van der Waals surface area (Å²) in [5.41, 5.74) is 3.01. The lowest BCUT2D eigenvalue weighted by molar-refractivity contribution is 0.601. The Morgan fingerprint density at radius 3 is 2.13 bits per heavy atom. The Bertz CT molecular complexity index is 1340. The van der Waals surface area contributed by atoms with Gasteiger partial charge in [0.1, 0.15) is 4.90 Å². The predicted octanol–water partition coefficient (Wildman–Crippen LogP) is 5.79. The molecule has 30 heavy (non-hydrogen) atoms. The fourth-order valence-corrected chi connectivity index (χ4v) is 4.57. The maximum absolute atomic E-state index is 13.0. The maximum atomic E-state index is 13.0. The molecule has 0 atom stereocenters. The Labute approximate surface area is 183 Å². The lowest BCUT2D eigenvalue weighted by atomic mass is 10.2. The van der Waals surface area contributed by atoms with E-state index in [1.54, 1.807) is 18.2 Å². The van der Waals surface area contributed by atoms with Crippen LogP contribution in [0.3, 0.4) is 0 Å². The minimum atomic E-state index is -4.07. The molecule has 0 spiro atoms. The summed E-state index contributed by atoms with van der Waals surface area (Å²) in [6.07, 6.45) is 0. The van der Waals surface area contributed by atoms with Crippen molar-refractivity contribution in [2.45, 2.75) is 11.8 Å². The van der Waals surface area contributed by atoms with Gasteiger partial charge in [-0.25, -0.2) is 18.4 Å². The number of hydrogen-bond donors (Lipinski definition) is 2. The second kappa shape index (κ2) is 8.10. The number of hydrogen-bond acceptors (Lipinski definition) is 5. The third kappa shape index (κ3) is 4.33. The van der Waals surface area contributed by atoms with Crippen LogP contribution >= 0.6 is 23.2 Å². The number of benzene rings is 3. The van der Waals surface area contributed by atoms with Crippen LogP contribution in [-0.4, -0.2) is 18.4 Å². The van der Waals surface area contributed by atoms with Crippen molar-refractivity contribution in [3.05, 3.63) is 82.3 Å². The van der Waals surface area contributed by atoms with E-state index in [1.165, 1.54) is 18.2 Å². The fraction of sp³-hybridized carbons (Fsp3) is 0.0476. The second-order valence-corrected chi connectivity index (χ2v) is 9.08. The topological polar surface area (TPSA) is 84.0 Å². The average Bonchev–Trinajstić information content (AvgIpc) is 2.71. The van der Waals surface area contributed by atoms with Gasteiger partial charge in [-0.15, -0.1) is 0 Å². The second-order valence-electron chi connectivity index (χ2n) is 6.58. The molecule has 0 aliphatic carbocycles. The molecule has 0 bridgehead atoms. The van der Waals surface area contributed by atoms with Crippen LogP contribution in [0.25, 0.3) is 11.0 Å². The summed E-state index contributed by atoms with van der Waals surface area (Å²) in [4.78, 5) is 8.87. The number of para-hydroxylation sites is 2. The van der Waals surface area contributed by atoms with E-state index in [4.69, 9.17) is 23.2 Å². The number of rotatable bonds is 5. The van der Waals surface area contributed by atoms with Crippen LogP contribution in [0.15, 0.2) is 71.6 Å². The normalized spacial score (nSPS) is 11.4. The molecule has 0 saturated carbocycles. The quantitative estimate of drug-likeness (QED) is 0.395. The van der Waals surface area contributed by atoms with E-state index in [0.717, 1.165) is 11.3 Å². The number of nitrogens with one attached hydrogen (secondary N) is 2. The van der Waals surface area contributed by atoms with Gasteiger partial charge in [-0.2, -0.15) is 0 Å². The number of aromatic nitrogens is 2. The first-order valence-electron chi connectivity index (χ1n) is 8.90. The molecule has 1 aromatic heterocycles. The molecule has 152 valence electrons. The molecule has 0 aliphatic heterocycles. The van der Waals surface area contributed by atoms with Gasteiger partial charge in [0, 0.05) is 10.7 Å². The number of anilines is 3. The van der Waals surface area contributed by atoms with Gasteiger partial charge in [0.05, 0.1) is 16.1 Å². The molecule has 6 nitrogen and oxygen atoms in total. The van der Waals surface area contributed by atoms with Gasteiger partial charge in [-0.3, -0.25) is 4.72 Å². The fourth-order valence-electron chi connectivity index (χ4n) is 2.80. The van der Waals surface area contributed by atoms with Crippen molar-refractivity contribution in [2.75, 3.05) is 10.0 Å². The van der Waals surface area contributed by atoms with Crippen LogP contribution in [0, 0.1) is 6.92 Å². The third-order valence-corrected chi connectivity index (χ3v) is 6.35. The third-order valence-electron chi connectivity index (χ3n) is 4.30. The first kappa shape index (κ1) is 20.4. The summed E-state index contributed by atoms with van der Waals surface area (Å²) in [5.74, 6) is 0.310. The van der Waals surface area contributed by atoms with Gasteiger partial charge in [-0.1, -0.05) is 53.0 Å². The maximum Gasteiger partial charge on any atom is 0.264 e. The highest BCUT2D eigenvalue weighted by atomic mass is 35.5. The lowest BCUT2D eigenvalue weighted by Crippen LogP contribution is -2.16. The molecule has 2 N–H and O–H groups in total. The number of nitrogens with zero attached hydrogens (tertiary/aromatic N) is 2. The van der Waals surface area contributed by atoms with Crippen molar-refractivity contribution < 1.29 is 8.42 Å². The molecule has 0 unspecified atom stereocenters. The Kier molecular flexibility index (Phi) is 5.51. The molecule has 0 saturated heterocycles. The summed E-state index contributed by atoms with van der Waals surface area (Å²) in [6, 6.07) is 19.0. The molecule has 0 amide bonds. The van der Waals surface area contributed by atoms with Crippen LogP contribution < -0.4 is 10.0 Å². The Morgan fingerprint density at radius 2 is 1.47 bits per heavy atom. The van der Waals surface area contributed by atoms with Gasteiger partial charge in [0.25, 0.3) is 10.0 Å². The van der Waals surface area contributed by atoms with Gasteiger partial charge >= 0.3 is 0 Å². The molecule has 0 fully saturated rings. The summed E-state index contributed by atoms with van der Waals surface area (Å²) < 4.78 is 28.5. The highest BCUT2D eigenvalue weighted by Crippen LogP contribution is 2.30. The van der Waals surface area contributed by atoms with Crippen molar-refractivity contribution in [2.24, 2.45) is 0 Å². The van der Waals surface area contributed by atoms with Crippen molar-refractivity contribution in [3.8, 4) is 0 Å². The van der Waals surface area contributed by atoms with E-state index >= 15 is 0 Å². The van der Waals surface area contributed by atoms with Crippen molar-refractivity contribution in [3.63, 3.8) is 0 Å². The highest BCUT2D eigenvalue weighted by molar-refractivity contribution is 7.92. The summed E-state index contributed by atoms with van der Waals surface area (Å²) in [7, 11) is -4.07. The van der Waals surface area contributed by atoms with Crippen LogP contribution in [0.1, 0.15) is 5.56 Å². The molecule has 9 heteroatoms. The molecule has 0 aliphatic rings. The highest BCUT2D eigenvalue weighted by Gasteiger charge is 2.22. The largest absolute Gasteiger partial charge is 0.337 e. The van der Waals surface area contributed by atoms with E-state index in [9.17, 15) is 8.42 Å². The number of sulfonamides is 1. The van der Waals surface area contributed by atoms with Gasteiger partial charge in [0.2, 0.25) is 0 Å². The predicted molar refractivity (Wildman–Crippen MR) is 121 cm³/mol. The Morgan fingerprint density at radius 1 is 0.833 bits per heavy atom. The van der Waals surface area contributed by atoms with E-state index in [0.29, 0.717) is 11.0 Å². The van der Waals surface area contributed by atoms with Crippen LogP contribution in [0.4, 0.5) is 17.3 Å². The molecule has 3 aromatic carbocycles. The van der Waals surface area contributed by atoms with Gasteiger partial charge in [0.15, 0.2) is 11.6 Å². The summed E-state index contributed by atoms with van der Waals surface area (Å²) >= 11 is 12.1. The van der Waals surface area contributed by atoms with Gasteiger partial charge < -0.3 is 5.32 Å². The molecular formula is C21H16Cl2N4O2S. The SMILES string of the molecule is Cc1ccc(Nc2nc3ccccc3nc2NS(=O)(=O)c2cc(Cl)ccc2Cl)cc1. The molecule has 1 heterocycles. The Balaban J connectivity index is 1.80. The smallest absolute Gasteiger partial charge is 0.264 e. The van der Waals surface area contributed by atoms with Crippen molar-refractivity contribution >= 4 is 61.6 Å². The van der Waals surface area contributed by atoms with E-state index in [2.05, 4.69) is 20.0 Å². The summed E-state index contributed by atoms with van der Waals surface area (Å²) in [5, 5.41) is 3.43. The van der Waals surface area contributed by atoms with E-state index in [1.807, 2.05) is 37.3 Å². The van der Waals surface area contributed by atoms with Crippen LogP contribution in [0.2, 0.25) is 10.0 Å². The number of aryl methyl sites for hydroxylation is 1. The minimum Gasteiger partial charge on any atom is -0.337 e.